The number of aromatic carboxylic acids is 1. The van der Waals surface area contributed by atoms with Gasteiger partial charge in [-0.1, -0.05) is 0 Å². The Labute approximate surface area is 89.7 Å². The average Bonchev–Trinajstić information content (AvgIpc) is 2.15. The first kappa shape index (κ1) is 13.3. The number of alkyl halides is 5. The first-order valence-electron chi connectivity index (χ1n) is 3.93. The Morgan fingerprint density at radius 1 is 1.35 bits per heavy atom. The van der Waals surface area contributed by atoms with Gasteiger partial charge in [0, 0.05) is 0 Å². The Kier molecular flexibility index (Phi) is 3.30. The van der Waals surface area contributed by atoms with Crippen LogP contribution < -0.4 is 0 Å². The molecule has 3 nitrogen and oxygen atoms in total. The number of halogens is 6. The van der Waals surface area contributed by atoms with Crippen molar-refractivity contribution in [3.8, 4) is 0 Å². The van der Waals surface area contributed by atoms with Crippen molar-refractivity contribution < 1.29 is 36.2 Å². The molecule has 1 heterocycles. The molecule has 0 unspecified atom stereocenters. The Balaban J connectivity index is 3.55. The van der Waals surface area contributed by atoms with Crippen LogP contribution in [0.5, 0.6) is 0 Å². The topological polar surface area (TPSA) is 50.2 Å². The molecule has 0 bridgehead atoms. The number of aromatic nitrogens is 1. The van der Waals surface area contributed by atoms with Gasteiger partial charge in [-0.15, -0.1) is 0 Å². The molecule has 1 rings (SSSR count). The zero-order chi connectivity index (χ0) is 13.4. The highest BCUT2D eigenvalue weighted by atomic mass is 19.4. The number of carboxylic acid groups (broad SMARTS) is 1. The predicted molar refractivity (Wildman–Crippen MR) is 41.1 cm³/mol. The number of carboxylic acids is 1. The molecule has 1 aromatic rings. The van der Waals surface area contributed by atoms with Gasteiger partial charge in [0.1, 0.15) is 5.69 Å². The second-order valence-electron chi connectivity index (χ2n) is 2.86. The third kappa shape index (κ3) is 2.66. The van der Waals surface area contributed by atoms with Crippen molar-refractivity contribution in [3.63, 3.8) is 0 Å². The lowest BCUT2D eigenvalue weighted by Crippen LogP contribution is -2.17. The zero-order valence-electron chi connectivity index (χ0n) is 7.73. The minimum atomic E-state index is -5.35. The third-order valence-corrected chi connectivity index (χ3v) is 1.70. The molecule has 0 aliphatic rings. The van der Waals surface area contributed by atoms with Crippen LogP contribution >= 0.6 is 0 Å². The Morgan fingerprint density at radius 2 is 1.88 bits per heavy atom. The van der Waals surface area contributed by atoms with Crippen LogP contribution in [0.1, 0.15) is 28.2 Å². The van der Waals surface area contributed by atoms with Crippen LogP contribution in [0.15, 0.2) is 6.07 Å². The predicted octanol–water partition coefficient (Wildman–Crippen LogP) is 2.88. The zero-order valence-corrected chi connectivity index (χ0v) is 7.73. The van der Waals surface area contributed by atoms with Crippen LogP contribution in [0.4, 0.5) is 26.3 Å². The first-order valence-corrected chi connectivity index (χ1v) is 3.93. The van der Waals surface area contributed by atoms with Crippen LogP contribution in [0.25, 0.3) is 0 Å². The molecule has 0 fully saturated rings. The van der Waals surface area contributed by atoms with Gasteiger partial charge in [0.2, 0.25) is 0 Å². The van der Waals surface area contributed by atoms with Gasteiger partial charge < -0.3 is 5.11 Å². The second-order valence-corrected chi connectivity index (χ2v) is 2.86. The van der Waals surface area contributed by atoms with Crippen molar-refractivity contribution in [1.82, 2.24) is 4.98 Å². The van der Waals surface area contributed by atoms with Gasteiger partial charge in [0.15, 0.2) is 11.5 Å². The van der Waals surface area contributed by atoms with Gasteiger partial charge in [-0.05, 0) is 6.07 Å². The molecular formula is C8H3F6NO2. The largest absolute Gasteiger partial charge is 0.478 e. The number of pyridine rings is 1. The Hall–Kier alpha value is -1.80. The van der Waals surface area contributed by atoms with Gasteiger partial charge in [0.25, 0.3) is 6.43 Å². The molecule has 0 radical (unpaired) electrons. The standard InChI is InChI=1S/C8H3F6NO2/c9-4-2(7(16)17)1-3(6(10)11)15-5(4)8(12,13)14/h1,6H,(H,16,17). The van der Waals surface area contributed by atoms with E-state index in [1.165, 1.54) is 0 Å². The van der Waals surface area contributed by atoms with Crippen LogP contribution in [-0.4, -0.2) is 16.1 Å². The van der Waals surface area contributed by atoms with Gasteiger partial charge in [-0.3, -0.25) is 0 Å². The molecule has 94 valence electrons. The van der Waals surface area contributed by atoms with E-state index in [1.54, 1.807) is 0 Å². The van der Waals surface area contributed by atoms with Crippen molar-refractivity contribution in [3.05, 3.63) is 28.8 Å². The maximum atomic E-state index is 13.1. The molecule has 17 heavy (non-hydrogen) atoms. The van der Waals surface area contributed by atoms with E-state index in [2.05, 4.69) is 4.98 Å². The van der Waals surface area contributed by atoms with Crippen LogP contribution in [-0.2, 0) is 6.18 Å². The van der Waals surface area contributed by atoms with E-state index >= 15 is 0 Å². The summed E-state index contributed by atoms with van der Waals surface area (Å²) in [5.74, 6) is -4.27. The summed E-state index contributed by atoms with van der Waals surface area (Å²) < 4.78 is 74.0. The van der Waals surface area contributed by atoms with Gasteiger partial charge in [-0.25, -0.2) is 22.9 Å². The summed E-state index contributed by atoms with van der Waals surface area (Å²) >= 11 is 0. The van der Waals surface area contributed by atoms with E-state index in [9.17, 15) is 31.1 Å². The molecule has 0 spiro atoms. The van der Waals surface area contributed by atoms with Crippen LogP contribution in [0.3, 0.4) is 0 Å². The molecule has 0 aliphatic carbocycles. The lowest BCUT2D eigenvalue weighted by molar-refractivity contribution is -0.144. The SMILES string of the molecule is O=C(O)c1cc(C(F)F)nc(C(F)(F)F)c1F. The normalized spacial score (nSPS) is 11.9. The number of hydrogen-bond acceptors (Lipinski definition) is 2. The van der Waals surface area contributed by atoms with Crippen molar-refractivity contribution in [1.29, 1.82) is 0 Å². The monoisotopic (exact) mass is 259 g/mol. The molecule has 1 aromatic heterocycles. The maximum absolute atomic E-state index is 13.1. The van der Waals surface area contributed by atoms with Crippen LogP contribution in [0.2, 0.25) is 0 Å². The molecule has 0 amide bonds. The summed E-state index contributed by atoms with van der Waals surface area (Å²) in [4.78, 5) is 12.8. The molecule has 1 N–H and O–H groups in total. The number of hydrogen-bond donors (Lipinski definition) is 1. The lowest BCUT2D eigenvalue weighted by Gasteiger charge is -2.10. The highest BCUT2D eigenvalue weighted by Gasteiger charge is 2.39. The maximum Gasteiger partial charge on any atom is 0.436 e. The van der Waals surface area contributed by atoms with Crippen molar-refractivity contribution in [2.24, 2.45) is 0 Å². The quantitative estimate of drug-likeness (QED) is 0.831. The Morgan fingerprint density at radius 3 is 2.24 bits per heavy atom. The minimum absolute atomic E-state index is 0.0670. The van der Waals surface area contributed by atoms with Crippen molar-refractivity contribution in [2.75, 3.05) is 0 Å². The smallest absolute Gasteiger partial charge is 0.436 e. The summed E-state index contributed by atoms with van der Waals surface area (Å²) in [6, 6.07) is 0.0670. The summed E-state index contributed by atoms with van der Waals surface area (Å²) in [6.45, 7) is 0. The van der Waals surface area contributed by atoms with E-state index < -0.39 is 41.3 Å². The van der Waals surface area contributed by atoms with E-state index in [4.69, 9.17) is 5.11 Å². The minimum Gasteiger partial charge on any atom is -0.478 e. The summed E-state index contributed by atoms with van der Waals surface area (Å²) in [5, 5.41) is 8.38. The van der Waals surface area contributed by atoms with Crippen molar-refractivity contribution in [2.45, 2.75) is 12.6 Å². The highest BCUT2D eigenvalue weighted by Crippen LogP contribution is 2.33. The molecule has 0 aromatic carbocycles. The fraction of sp³-hybridized carbons (Fsp3) is 0.250. The molecule has 9 heteroatoms. The summed E-state index contributed by atoms with van der Waals surface area (Å²) in [6.07, 6.45) is -8.78. The molecule has 0 saturated carbocycles. The molecule has 0 saturated heterocycles. The van der Waals surface area contributed by atoms with Gasteiger partial charge in [-0.2, -0.15) is 13.2 Å². The number of nitrogens with zero attached hydrogens (tertiary/aromatic N) is 1. The third-order valence-electron chi connectivity index (χ3n) is 1.70. The summed E-state index contributed by atoms with van der Waals surface area (Å²) in [5.41, 5.74) is -5.22. The molecule has 0 atom stereocenters. The molecular weight excluding hydrogens is 256 g/mol. The first-order chi connectivity index (χ1) is 7.64. The van der Waals surface area contributed by atoms with E-state index in [1.807, 2.05) is 0 Å². The number of carbonyl (C=O) groups is 1. The van der Waals surface area contributed by atoms with E-state index in [0.29, 0.717) is 0 Å². The molecule has 0 aliphatic heterocycles. The van der Waals surface area contributed by atoms with Crippen molar-refractivity contribution >= 4 is 5.97 Å². The van der Waals surface area contributed by atoms with Gasteiger partial charge in [0.05, 0.1) is 5.56 Å². The van der Waals surface area contributed by atoms with E-state index in [0.717, 1.165) is 0 Å². The second kappa shape index (κ2) is 4.22. The lowest BCUT2D eigenvalue weighted by atomic mass is 10.1. The Bertz CT molecular complexity index is 456. The van der Waals surface area contributed by atoms with Gasteiger partial charge >= 0.3 is 12.1 Å². The van der Waals surface area contributed by atoms with E-state index in [-0.39, 0.29) is 6.07 Å². The summed E-state index contributed by atoms with van der Waals surface area (Å²) in [7, 11) is 0. The highest BCUT2D eigenvalue weighted by molar-refractivity contribution is 5.88. The fourth-order valence-corrected chi connectivity index (χ4v) is 1.00. The number of rotatable bonds is 2. The average molecular weight is 259 g/mol. The fourth-order valence-electron chi connectivity index (χ4n) is 1.00. The van der Waals surface area contributed by atoms with Crippen LogP contribution in [0, 0.1) is 5.82 Å².